The number of hydrogen-bond acceptors (Lipinski definition) is 3. The maximum atomic E-state index is 11.1. The van der Waals surface area contributed by atoms with E-state index in [4.69, 9.17) is 0 Å². The maximum Gasteiger partial charge on any atom is 0.309 e. The first kappa shape index (κ1) is 9.21. The van der Waals surface area contributed by atoms with Crippen molar-refractivity contribution in [2.45, 2.75) is 12.3 Å². The number of carbonyl (C=O) groups is 1. The molecule has 0 aromatic carbocycles. The van der Waals surface area contributed by atoms with E-state index in [1.807, 2.05) is 6.07 Å². The first-order chi connectivity index (χ1) is 6.22. The molecule has 1 aromatic heterocycles. The van der Waals surface area contributed by atoms with E-state index >= 15 is 0 Å². The minimum Gasteiger partial charge on any atom is -0.469 e. The number of halogens is 1. The molecule has 1 heterocycles. The van der Waals surface area contributed by atoms with Gasteiger partial charge >= 0.3 is 5.97 Å². The summed E-state index contributed by atoms with van der Waals surface area (Å²) in [6.07, 6.45) is 0.944. The van der Waals surface area contributed by atoms with Crippen LogP contribution in [0.2, 0.25) is 0 Å². The molecule has 70 valence electrons. The van der Waals surface area contributed by atoms with Crippen LogP contribution in [0.4, 0.5) is 0 Å². The average molecular weight is 261 g/mol. The molecule has 1 aliphatic carbocycles. The number of carbonyl (C=O) groups excluding carboxylic acids is 1. The molecule has 2 atom stereocenters. The second-order valence-electron chi connectivity index (χ2n) is 3.11. The van der Waals surface area contributed by atoms with E-state index in [0.29, 0.717) is 5.92 Å². The molecule has 1 aromatic rings. The average Bonchev–Trinajstić information content (AvgIpc) is 2.82. The van der Waals surface area contributed by atoms with Gasteiger partial charge in [0.25, 0.3) is 0 Å². The van der Waals surface area contributed by atoms with Gasteiger partial charge in [-0.15, -0.1) is 11.3 Å². The predicted molar refractivity (Wildman–Crippen MR) is 54.9 cm³/mol. The summed E-state index contributed by atoms with van der Waals surface area (Å²) >= 11 is 5.10. The lowest BCUT2D eigenvalue weighted by molar-refractivity contribution is -0.142. The van der Waals surface area contributed by atoms with Crippen LogP contribution in [0, 0.1) is 5.92 Å². The summed E-state index contributed by atoms with van der Waals surface area (Å²) in [5.41, 5.74) is 0. The highest BCUT2D eigenvalue weighted by Crippen LogP contribution is 2.50. The largest absolute Gasteiger partial charge is 0.469 e. The Hall–Kier alpha value is -0.350. The Morgan fingerprint density at radius 1 is 1.69 bits per heavy atom. The van der Waals surface area contributed by atoms with Gasteiger partial charge in [0.05, 0.1) is 16.8 Å². The van der Waals surface area contributed by atoms with Gasteiger partial charge < -0.3 is 4.74 Å². The number of rotatable bonds is 2. The standard InChI is InChI=1S/C9H9BrO2S/c1-12-9(11)6-4-5(6)7-2-3-8(10)13-7/h2-3,5-6H,4H2,1H3. The molecular weight excluding hydrogens is 252 g/mol. The predicted octanol–water partition coefficient (Wildman–Crippen LogP) is 2.79. The van der Waals surface area contributed by atoms with Crippen LogP contribution >= 0.6 is 27.3 Å². The van der Waals surface area contributed by atoms with Gasteiger partial charge in [-0.2, -0.15) is 0 Å². The van der Waals surface area contributed by atoms with Crippen LogP contribution in [0.25, 0.3) is 0 Å². The van der Waals surface area contributed by atoms with Crippen LogP contribution in [-0.4, -0.2) is 13.1 Å². The Morgan fingerprint density at radius 2 is 2.46 bits per heavy atom. The fraction of sp³-hybridized carbons (Fsp3) is 0.444. The molecule has 0 aliphatic heterocycles. The van der Waals surface area contributed by atoms with Gasteiger partial charge in [0, 0.05) is 10.8 Å². The van der Waals surface area contributed by atoms with Crippen molar-refractivity contribution in [2.75, 3.05) is 7.11 Å². The highest BCUT2D eigenvalue weighted by atomic mass is 79.9. The second kappa shape index (κ2) is 3.42. The molecule has 2 rings (SSSR count). The molecule has 0 spiro atoms. The Kier molecular flexibility index (Phi) is 2.43. The zero-order valence-electron chi connectivity index (χ0n) is 7.12. The van der Waals surface area contributed by atoms with Gasteiger partial charge in [-0.1, -0.05) is 0 Å². The molecule has 4 heteroatoms. The third-order valence-corrected chi connectivity index (χ3v) is 4.01. The van der Waals surface area contributed by atoms with Gasteiger partial charge in [0.1, 0.15) is 0 Å². The van der Waals surface area contributed by atoms with Crippen LogP contribution in [0.1, 0.15) is 17.2 Å². The lowest BCUT2D eigenvalue weighted by atomic mass is 10.3. The highest BCUT2D eigenvalue weighted by Gasteiger charge is 2.45. The van der Waals surface area contributed by atoms with Gasteiger partial charge in [-0.3, -0.25) is 4.79 Å². The van der Waals surface area contributed by atoms with Gasteiger partial charge in [-0.25, -0.2) is 0 Å². The first-order valence-electron chi connectivity index (χ1n) is 4.05. The SMILES string of the molecule is COC(=O)C1CC1c1ccc(Br)s1. The van der Waals surface area contributed by atoms with Gasteiger partial charge in [0.2, 0.25) is 0 Å². The third kappa shape index (κ3) is 1.79. The van der Waals surface area contributed by atoms with E-state index in [9.17, 15) is 4.79 Å². The highest BCUT2D eigenvalue weighted by molar-refractivity contribution is 9.11. The third-order valence-electron chi connectivity index (χ3n) is 2.25. The monoisotopic (exact) mass is 260 g/mol. The molecule has 2 nitrogen and oxygen atoms in total. The molecule has 13 heavy (non-hydrogen) atoms. The van der Waals surface area contributed by atoms with Crippen LogP contribution in [0.5, 0.6) is 0 Å². The molecule has 1 fully saturated rings. The minimum atomic E-state index is -0.0745. The summed E-state index contributed by atoms with van der Waals surface area (Å²) in [7, 11) is 1.45. The molecule has 0 amide bonds. The van der Waals surface area contributed by atoms with Crippen LogP contribution in [-0.2, 0) is 9.53 Å². The van der Waals surface area contributed by atoms with Crippen molar-refractivity contribution in [3.8, 4) is 0 Å². The summed E-state index contributed by atoms with van der Waals surface area (Å²) in [6, 6.07) is 4.09. The summed E-state index contributed by atoms with van der Waals surface area (Å²) in [5, 5.41) is 0. The lowest BCUT2D eigenvalue weighted by Crippen LogP contribution is -2.03. The van der Waals surface area contributed by atoms with Crippen molar-refractivity contribution in [3.05, 3.63) is 20.8 Å². The zero-order chi connectivity index (χ0) is 9.42. The number of hydrogen-bond donors (Lipinski definition) is 0. The van der Waals surface area contributed by atoms with Crippen molar-refractivity contribution in [1.29, 1.82) is 0 Å². The van der Waals surface area contributed by atoms with Crippen LogP contribution in [0.15, 0.2) is 15.9 Å². The maximum absolute atomic E-state index is 11.1. The molecule has 0 bridgehead atoms. The molecule has 2 unspecified atom stereocenters. The minimum absolute atomic E-state index is 0.0745. The Labute approximate surface area is 89.0 Å². The summed E-state index contributed by atoms with van der Waals surface area (Å²) in [6.45, 7) is 0. The normalized spacial score (nSPS) is 25.7. The first-order valence-corrected chi connectivity index (χ1v) is 5.66. The number of ether oxygens (including phenoxy) is 1. The summed E-state index contributed by atoms with van der Waals surface area (Å²) < 4.78 is 5.81. The van der Waals surface area contributed by atoms with Crippen molar-refractivity contribution >= 4 is 33.2 Å². The van der Waals surface area contributed by atoms with Gasteiger partial charge in [-0.05, 0) is 34.5 Å². The van der Waals surface area contributed by atoms with E-state index < -0.39 is 0 Å². The topological polar surface area (TPSA) is 26.3 Å². The van der Waals surface area contributed by atoms with E-state index in [-0.39, 0.29) is 11.9 Å². The Bertz CT molecular complexity index is 334. The Morgan fingerprint density at radius 3 is 3.00 bits per heavy atom. The van der Waals surface area contributed by atoms with E-state index in [1.54, 1.807) is 11.3 Å². The quantitative estimate of drug-likeness (QED) is 0.765. The van der Waals surface area contributed by atoms with E-state index in [1.165, 1.54) is 12.0 Å². The van der Waals surface area contributed by atoms with Crippen molar-refractivity contribution in [1.82, 2.24) is 0 Å². The molecule has 0 saturated heterocycles. The summed E-state index contributed by atoms with van der Waals surface area (Å²) in [5.74, 6) is 0.439. The second-order valence-corrected chi connectivity index (χ2v) is 5.61. The molecule has 1 aliphatic rings. The molecule has 0 N–H and O–H groups in total. The number of esters is 1. The number of methoxy groups -OCH3 is 1. The van der Waals surface area contributed by atoms with Crippen molar-refractivity contribution in [3.63, 3.8) is 0 Å². The van der Waals surface area contributed by atoms with Crippen molar-refractivity contribution < 1.29 is 9.53 Å². The van der Waals surface area contributed by atoms with Gasteiger partial charge in [0.15, 0.2) is 0 Å². The lowest BCUT2D eigenvalue weighted by Gasteiger charge is -1.95. The summed E-state index contributed by atoms with van der Waals surface area (Å²) in [4.78, 5) is 12.4. The van der Waals surface area contributed by atoms with E-state index in [2.05, 4.69) is 26.7 Å². The molecule has 0 radical (unpaired) electrons. The zero-order valence-corrected chi connectivity index (χ0v) is 9.52. The van der Waals surface area contributed by atoms with E-state index in [0.717, 1.165) is 10.2 Å². The fourth-order valence-corrected chi connectivity index (χ4v) is 3.05. The smallest absolute Gasteiger partial charge is 0.309 e. The molecular formula is C9H9BrO2S. The van der Waals surface area contributed by atoms with Crippen LogP contribution in [0.3, 0.4) is 0 Å². The van der Waals surface area contributed by atoms with Crippen molar-refractivity contribution in [2.24, 2.45) is 5.92 Å². The Balaban J connectivity index is 2.04. The fourth-order valence-electron chi connectivity index (χ4n) is 1.45. The van der Waals surface area contributed by atoms with Crippen LogP contribution < -0.4 is 0 Å². The molecule has 1 saturated carbocycles. The number of thiophene rings is 1.